The van der Waals surface area contributed by atoms with Crippen LogP contribution in [0.5, 0.6) is 0 Å². The third kappa shape index (κ3) is 4.44. The maximum Gasteiger partial charge on any atom is 0.205 e. The molecule has 0 bridgehead atoms. The molecule has 0 spiro atoms. The van der Waals surface area contributed by atoms with Gasteiger partial charge in [0, 0.05) is 36.2 Å². The number of likely N-dealkylation sites (N-methyl/N-ethyl adjacent to an activating group) is 1. The van der Waals surface area contributed by atoms with Gasteiger partial charge in [-0.2, -0.15) is 4.37 Å². The molecule has 0 fully saturated rings. The van der Waals surface area contributed by atoms with Crippen molar-refractivity contribution in [3.63, 3.8) is 0 Å². The van der Waals surface area contributed by atoms with E-state index in [1.807, 2.05) is 19.1 Å². The Kier molecular flexibility index (Phi) is 5.34. The van der Waals surface area contributed by atoms with Gasteiger partial charge < -0.3 is 9.80 Å². The van der Waals surface area contributed by atoms with E-state index in [4.69, 9.17) is 11.6 Å². The number of benzene rings is 1. The first-order valence-electron chi connectivity index (χ1n) is 6.49. The summed E-state index contributed by atoms with van der Waals surface area (Å²) >= 11 is 7.38. The number of halogens is 1. The lowest BCUT2D eigenvalue weighted by Crippen LogP contribution is -2.31. The second-order valence-electron chi connectivity index (χ2n) is 4.98. The predicted molar refractivity (Wildman–Crippen MR) is 85.7 cm³/mol. The Hall–Kier alpha value is -1.17. The van der Waals surface area contributed by atoms with E-state index in [1.54, 1.807) is 0 Å². The molecule has 0 unspecified atom stereocenters. The summed E-state index contributed by atoms with van der Waals surface area (Å²) in [5, 5.41) is 1.74. The molecule has 0 aliphatic carbocycles. The Morgan fingerprint density at radius 1 is 1.15 bits per heavy atom. The van der Waals surface area contributed by atoms with Crippen LogP contribution in [0.1, 0.15) is 11.4 Å². The summed E-state index contributed by atoms with van der Waals surface area (Å²) in [6, 6.07) is 7.95. The lowest BCUT2D eigenvalue weighted by molar-refractivity contribution is 0.412. The minimum atomic E-state index is 0.764. The van der Waals surface area contributed by atoms with Crippen LogP contribution in [-0.4, -0.2) is 41.4 Å². The van der Waals surface area contributed by atoms with E-state index in [9.17, 15) is 0 Å². The van der Waals surface area contributed by atoms with Crippen molar-refractivity contribution in [2.24, 2.45) is 0 Å². The highest BCUT2D eigenvalue weighted by molar-refractivity contribution is 7.09. The molecule has 0 radical (unpaired) electrons. The molecule has 0 aliphatic heterocycles. The van der Waals surface area contributed by atoms with E-state index in [0.29, 0.717) is 0 Å². The van der Waals surface area contributed by atoms with Crippen molar-refractivity contribution in [3.8, 4) is 0 Å². The zero-order valence-electron chi connectivity index (χ0n) is 12.0. The molecule has 4 nitrogen and oxygen atoms in total. The minimum Gasteiger partial charge on any atom is -0.341 e. The van der Waals surface area contributed by atoms with E-state index in [2.05, 4.69) is 45.4 Å². The van der Waals surface area contributed by atoms with E-state index in [-0.39, 0.29) is 0 Å². The molecule has 108 valence electrons. The highest BCUT2D eigenvalue weighted by Crippen LogP contribution is 2.20. The Balaban J connectivity index is 2.11. The molecular formula is C14H19ClN4S. The van der Waals surface area contributed by atoms with E-state index >= 15 is 0 Å². The fourth-order valence-electron chi connectivity index (χ4n) is 1.79. The summed E-state index contributed by atoms with van der Waals surface area (Å²) in [4.78, 5) is 8.92. The summed E-state index contributed by atoms with van der Waals surface area (Å²) < 4.78 is 4.27. The molecule has 1 heterocycles. The topological polar surface area (TPSA) is 32.3 Å². The molecule has 0 aliphatic rings. The molecular weight excluding hydrogens is 292 g/mol. The van der Waals surface area contributed by atoms with Crippen molar-refractivity contribution in [2.75, 3.05) is 32.1 Å². The average Bonchev–Trinajstić information content (AvgIpc) is 2.83. The van der Waals surface area contributed by atoms with Crippen LogP contribution in [0.2, 0.25) is 5.02 Å². The molecule has 1 aromatic heterocycles. The van der Waals surface area contributed by atoms with Gasteiger partial charge in [-0.1, -0.05) is 23.7 Å². The van der Waals surface area contributed by atoms with Gasteiger partial charge in [-0.15, -0.1) is 0 Å². The average molecular weight is 311 g/mol. The quantitative estimate of drug-likeness (QED) is 0.821. The Morgan fingerprint density at radius 3 is 2.40 bits per heavy atom. The van der Waals surface area contributed by atoms with E-state index < -0.39 is 0 Å². The highest BCUT2D eigenvalue weighted by Gasteiger charge is 2.12. The maximum atomic E-state index is 5.93. The summed E-state index contributed by atoms with van der Waals surface area (Å²) in [5.74, 6) is 0.830. The molecule has 2 rings (SSSR count). The maximum absolute atomic E-state index is 5.93. The first-order chi connectivity index (χ1) is 9.54. The van der Waals surface area contributed by atoms with Gasteiger partial charge in [-0.25, -0.2) is 4.98 Å². The molecule has 6 heteroatoms. The van der Waals surface area contributed by atoms with Gasteiger partial charge in [0.05, 0.1) is 0 Å². The van der Waals surface area contributed by atoms with Crippen LogP contribution >= 0.6 is 23.1 Å². The number of hydrogen-bond acceptors (Lipinski definition) is 5. The summed E-state index contributed by atoms with van der Waals surface area (Å²) in [5.41, 5.74) is 1.22. The van der Waals surface area contributed by atoms with Crippen LogP contribution in [0.3, 0.4) is 0 Å². The summed E-state index contributed by atoms with van der Waals surface area (Å²) in [6.45, 7) is 4.64. The van der Waals surface area contributed by atoms with E-state index in [1.165, 1.54) is 17.1 Å². The van der Waals surface area contributed by atoms with Gasteiger partial charge in [0.2, 0.25) is 5.13 Å². The molecule has 0 amide bonds. The number of aromatic nitrogens is 2. The predicted octanol–water partition coefficient (Wildman–Crippen LogP) is 3.07. The van der Waals surface area contributed by atoms with Crippen LogP contribution in [0.15, 0.2) is 24.3 Å². The summed E-state index contributed by atoms with van der Waals surface area (Å²) in [7, 11) is 4.15. The molecule has 0 saturated heterocycles. The monoisotopic (exact) mass is 310 g/mol. The van der Waals surface area contributed by atoms with Gasteiger partial charge in [0.1, 0.15) is 5.82 Å². The number of aryl methyl sites for hydroxylation is 1. The lowest BCUT2D eigenvalue weighted by Gasteiger charge is -2.23. The van der Waals surface area contributed by atoms with Crippen LogP contribution < -0.4 is 4.90 Å². The normalized spacial score (nSPS) is 11.1. The van der Waals surface area contributed by atoms with Gasteiger partial charge in [0.15, 0.2) is 0 Å². The van der Waals surface area contributed by atoms with E-state index in [0.717, 1.165) is 35.6 Å². The number of rotatable bonds is 6. The van der Waals surface area contributed by atoms with Crippen molar-refractivity contribution < 1.29 is 0 Å². The minimum absolute atomic E-state index is 0.764. The number of nitrogens with zero attached hydrogens (tertiary/aromatic N) is 4. The Labute approximate surface area is 129 Å². The largest absolute Gasteiger partial charge is 0.341 e. The molecule has 0 saturated carbocycles. The molecule has 2 aromatic rings. The second kappa shape index (κ2) is 7.02. The van der Waals surface area contributed by atoms with Gasteiger partial charge in [0.25, 0.3) is 0 Å². The highest BCUT2D eigenvalue weighted by atomic mass is 35.5. The molecule has 20 heavy (non-hydrogen) atoms. The Morgan fingerprint density at radius 2 is 1.85 bits per heavy atom. The van der Waals surface area contributed by atoms with Crippen LogP contribution in [0, 0.1) is 6.92 Å². The van der Waals surface area contributed by atoms with Gasteiger partial charge >= 0.3 is 0 Å². The zero-order valence-corrected chi connectivity index (χ0v) is 13.6. The van der Waals surface area contributed by atoms with Crippen molar-refractivity contribution in [1.82, 2.24) is 14.3 Å². The fraction of sp³-hybridized carbons (Fsp3) is 0.429. The number of anilines is 1. The van der Waals surface area contributed by atoms with Gasteiger partial charge in [-0.3, -0.25) is 0 Å². The van der Waals surface area contributed by atoms with Crippen molar-refractivity contribution in [2.45, 2.75) is 13.5 Å². The van der Waals surface area contributed by atoms with Crippen LogP contribution in [0.25, 0.3) is 0 Å². The summed E-state index contributed by atoms with van der Waals surface area (Å²) in [6.07, 6.45) is 0. The zero-order chi connectivity index (χ0) is 14.5. The molecule has 1 aromatic carbocycles. The lowest BCUT2D eigenvalue weighted by atomic mass is 10.2. The fourth-order valence-corrected chi connectivity index (χ4v) is 2.61. The first-order valence-corrected chi connectivity index (χ1v) is 7.64. The third-order valence-corrected chi connectivity index (χ3v) is 4.01. The van der Waals surface area contributed by atoms with Crippen molar-refractivity contribution in [1.29, 1.82) is 0 Å². The van der Waals surface area contributed by atoms with Crippen molar-refractivity contribution >= 4 is 28.3 Å². The standard InChI is InChI=1S/C14H19ClN4S/c1-11-16-14(20-17-11)19(9-8-18(2)3)10-12-4-6-13(15)7-5-12/h4-7H,8-10H2,1-3H3. The second-order valence-corrected chi connectivity index (χ2v) is 6.14. The molecule has 0 N–H and O–H groups in total. The van der Waals surface area contributed by atoms with Crippen molar-refractivity contribution in [3.05, 3.63) is 40.7 Å². The Bertz CT molecular complexity index is 538. The first kappa shape index (κ1) is 15.2. The van der Waals surface area contributed by atoms with Crippen LogP contribution in [0.4, 0.5) is 5.13 Å². The number of hydrogen-bond donors (Lipinski definition) is 0. The molecule has 0 atom stereocenters. The SMILES string of the molecule is Cc1nsc(N(CCN(C)C)Cc2ccc(Cl)cc2)n1. The van der Waals surface area contributed by atoms with Crippen LogP contribution in [-0.2, 0) is 6.54 Å². The van der Waals surface area contributed by atoms with Gasteiger partial charge in [-0.05, 0) is 38.7 Å². The third-order valence-electron chi connectivity index (χ3n) is 2.89. The smallest absolute Gasteiger partial charge is 0.205 e.